The van der Waals surface area contributed by atoms with Crippen molar-refractivity contribution in [2.75, 3.05) is 0 Å². The molecule has 2 nitrogen and oxygen atoms in total. The van der Waals surface area contributed by atoms with Gasteiger partial charge in [-0.1, -0.05) is 37.3 Å². The highest BCUT2D eigenvalue weighted by atomic mass is 35.5. The summed E-state index contributed by atoms with van der Waals surface area (Å²) in [6.45, 7) is 0. The normalized spacial score (nSPS) is 18.7. The van der Waals surface area contributed by atoms with Gasteiger partial charge < -0.3 is 0 Å². The van der Waals surface area contributed by atoms with Gasteiger partial charge in [0.05, 0.1) is 4.34 Å². The van der Waals surface area contributed by atoms with Crippen LogP contribution in [0, 0.1) is 5.92 Å². The van der Waals surface area contributed by atoms with Crippen LogP contribution >= 0.6 is 22.9 Å². The molecule has 0 radical (unpaired) electrons. The van der Waals surface area contributed by atoms with Crippen molar-refractivity contribution in [2.45, 2.75) is 51.0 Å². The highest BCUT2D eigenvalue weighted by Gasteiger charge is 2.17. The largest absolute Gasteiger partial charge is 0.271 e. The van der Waals surface area contributed by atoms with Gasteiger partial charge in [-0.3, -0.25) is 11.3 Å². The van der Waals surface area contributed by atoms with E-state index < -0.39 is 0 Å². The second-order valence-electron chi connectivity index (χ2n) is 5.00. The molecule has 2 rings (SSSR count). The Labute approximate surface area is 113 Å². The van der Waals surface area contributed by atoms with Crippen LogP contribution < -0.4 is 11.3 Å². The van der Waals surface area contributed by atoms with E-state index in [0.717, 1.165) is 16.7 Å². The van der Waals surface area contributed by atoms with Gasteiger partial charge in [0, 0.05) is 10.9 Å². The van der Waals surface area contributed by atoms with Crippen molar-refractivity contribution in [3.63, 3.8) is 0 Å². The maximum atomic E-state index is 5.93. The molecule has 0 amide bonds. The Balaban J connectivity index is 1.75. The smallest absolute Gasteiger partial charge is 0.0931 e. The number of hydrogen-bond acceptors (Lipinski definition) is 3. The summed E-state index contributed by atoms with van der Waals surface area (Å²) in [4.78, 5) is 1.32. The summed E-state index contributed by atoms with van der Waals surface area (Å²) in [7, 11) is 0. The predicted octanol–water partition coefficient (Wildman–Crippen LogP) is 3.75. The van der Waals surface area contributed by atoms with E-state index in [0.29, 0.717) is 6.04 Å². The van der Waals surface area contributed by atoms with Gasteiger partial charge in [0.1, 0.15) is 0 Å². The highest BCUT2D eigenvalue weighted by Crippen LogP contribution is 2.29. The van der Waals surface area contributed by atoms with Crippen LogP contribution in [0.4, 0.5) is 0 Å². The SMILES string of the molecule is NNC(CCC1CCCC1)Cc1ccc(Cl)s1. The average Bonchev–Trinajstić information content (AvgIpc) is 2.96. The summed E-state index contributed by atoms with van der Waals surface area (Å²) in [5, 5.41) is 0. The van der Waals surface area contributed by atoms with E-state index in [4.69, 9.17) is 17.4 Å². The minimum Gasteiger partial charge on any atom is -0.271 e. The Morgan fingerprint density at radius 1 is 1.41 bits per heavy atom. The Morgan fingerprint density at radius 2 is 2.18 bits per heavy atom. The highest BCUT2D eigenvalue weighted by molar-refractivity contribution is 7.16. The second-order valence-corrected chi connectivity index (χ2v) is 6.80. The molecule has 0 bridgehead atoms. The van der Waals surface area contributed by atoms with Gasteiger partial charge in [-0.15, -0.1) is 11.3 Å². The summed E-state index contributed by atoms with van der Waals surface area (Å²) in [6.07, 6.45) is 9.17. The predicted molar refractivity (Wildman–Crippen MR) is 75.3 cm³/mol. The lowest BCUT2D eigenvalue weighted by atomic mass is 9.97. The van der Waals surface area contributed by atoms with E-state index in [9.17, 15) is 0 Å². The number of hydrogen-bond donors (Lipinski definition) is 2. The van der Waals surface area contributed by atoms with Crippen molar-refractivity contribution >= 4 is 22.9 Å². The van der Waals surface area contributed by atoms with Gasteiger partial charge in [-0.05, 0) is 37.3 Å². The van der Waals surface area contributed by atoms with Crippen LogP contribution in [0.1, 0.15) is 43.4 Å². The molecule has 1 heterocycles. The molecule has 1 aliphatic rings. The van der Waals surface area contributed by atoms with Crippen LogP contribution in [0.2, 0.25) is 4.34 Å². The summed E-state index contributed by atoms with van der Waals surface area (Å²) in [5.74, 6) is 6.58. The minimum atomic E-state index is 0.394. The summed E-state index contributed by atoms with van der Waals surface area (Å²) in [5.41, 5.74) is 2.95. The fourth-order valence-electron chi connectivity index (χ4n) is 2.68. The van der Waals surface area contributed by atoms with Gasteiger partial charge in [-0.25, -0.2) is 0 Å². The molecule has 1 aliphatic carbocycles. The maximum absolute atomic E-state index is 5.93. The third-order valence-electron chi connectivity index (χ3n) is 3.71. The summed E-state index contributed by atoms with van der Waals surface area (Å²) >= 11 is 7.59. The van der Waals surface area contributed by atoms with Crippen LogP contribution in [-0.2, 0) is 6.42 Å². The monoisotopic (exact) mass is 272 g/mol. The van der Waals surface area contributed by atoms with E-state index in [2.05, 4.69) is 11.5 Å². The van der Waals surface area contributed by atoms with Crippen LogP contribution in [-0.4, -0.2) is 6.04 Å². The van der Waals surface area contributed by atoms with E-state index in [1.807, 2.05) is 6.07 Å². The number of thiophene rings is 1. The Bertz CT molecular complexity index is 334. The summed E-state index contributed by atoms with van der Waals surface area (Å²) < 4.78 is 0.867. The Kier molecular flexibility index (Phi) is 5.29. The number of rotatable bonds is 6. The zero-order valence-corrected chi connectivity index (χ0v) is 11.7. The fraction of sp³-hybridized carbons (Fsp3) is 0.692. The van der Waals surface area contributed by atoms with Crippen molar-refractivity contribution in [3.8, 4) is 0 Å². The number of nitrogens with one attached hydrogen (secondary N) is 1. The lowest BCUT2D eigenvalue weighted by Crippen LogP contribution is -2.36. The van der Waals surface area contributed by atoms with Crippen molar-refractivity contribution < 1.29 is 0 Å². The average molecular weight is 273 g/mol. The van der Waals surface area contributed by atoms with Crippen molar-refractivity contribution in [2.24, 2.45) is 11.8 Å². The zero-order valence-electron chi connectivity index (χ0n) is 10.1. The standard InChI is InChI=1S/C13H21ClN2S/c14-13-8-7-12(17-13)9-11(16-15)6-5-10-3-1-2-4-10/h7-8,10-11,16H,1-6,9,15H2. The molecule has 0 spiro atoms. The maximum Gasteiger partial charge on any atom is 0.0931 e. The molecule has 4 heteroatoms. The molecular formula is C13H21ClN2S. The molecule has 1 unspecified atom stereocenters. The quantitative estimate of drug-likeness (QED) is 0.611. The fourth-order valence-corrected chi connectivity index (χ4v) is 3.85. The van der Waals surface area contributed by atoms with E-state index in [-0.39, 0.29) is 0 Å². The molecule has 17 heavy (non-hydrogen) atoms. The molecule has 1 aromatic heterocycles. The van der Waals surface area contributed by atoms with Gasteiger partial charge in [0.25, 0.3) is 0 Å². The molecule has 3 N–H and O–H groups in total. The lowest BCUT2D eigenvalue weighted by Gasteiger charge is -2.17. The van der Waals surface area contributed by atoms with Crippen molar-refractivity contribution in [3.05, 3.63) is 21.3 Å². The Hall–Kier alpha value is -0.0900. The zero-order chi connectivity index (χ0) is 12.1. The first kappa shape index (κ1) is 13.3. The molecule has 96 valence electrons. The van der Waals surface area contributed by atoms with Crippen LogP contribution in [0.15, 0.2) is 12.1 Å². The molecule has 1 saturated carbocycles. The molecule has 1 fully saturated rings. The molecule has 0 saturated heterocycles. The number of nitrogens with two attached hydrogens (primary N) is 1. The third-order valence-corrected chi connectivity index (χ3v) is 4.96. The minimum absolute atomic E-state index is 0.394. The van der Waals surface area contributed by atoms with Crippen LogP contribution in [0.25, 0.3) is 0 Å². The Morgan fingerprint density at radius 3 is 2.76 bits per heavy atom. The van der Waals surface area contributed by atoms with Crippen molar-refractivity contribution in [1.29, 1.82) is 0 Å². The van der Waals surface area contributed by atoms with Gasteiger partial charge >= 0.3 is 0 Å². The van der Waals surface area contributed by atoms with Crippen LogP contribution in [0.5, 0.6) is 0 Å². The van der Waals surface area contributed by atoms with Gasteiger partial charge in [0.2, 0.25) is 0 Å². The van der Waals surface area contributed by atoms with E-state index >= 15 is 0 Å². The molecular weight excluding hydrogens is 252 g/mol. The second kappa shape index (κ2) is 6.74. The van der Waals surface area contributed by atoms with E-state index in [1.165, 1.54) is 43.4 Å². The van der Waals surface area contributed by atoms with Crippen molar-refractivity contribution in [1.82, 2.24) is 5.43 Å². The summed E-state index contributed by atoms with van der Waals surface area (Å²) in [6, 6.07) is 4.46. The van der Waals surface area contributed by atoms with Gasteiger partial charge in [0.15, 0.2) is 0 Å². The first-order valence-corrected chi connectivity index (χ1v) is 7.67. The molecule has 0 aromatic carbocycles. The van der Waals surface area contributed by atoms with E-state index in [1.54, 1.807) is 11.3 Å². The molecule has 0 aliphatic heterocycles. The first-order chi connectivity index (χ1) is 8.28. The van der Waals surface area contributed by atoms with Gasteiger partial charge in [-0.2, -0.15) is 0 Å². The molecule has 1 atom stereocenters. The third kappa shape index (κ3) is 4.25. The number of hydrazine groups is 1. The number of halogens is 1. The topological polar surface area (TPSA) is 38.0 Å². The molecule has 1 aromatic rings. The first-order valence-electron chi connectivity index (χ1n) is 6.48. The lowest BCUT2D eigenvalue weighted by molar-refractivity contribution is 0.408. The van der Waals surface area contributed by atoms with Crippen LogP contribution in [0.3, 0.4) is 0 Å².